The molecule has 2 N–H and O–H groups in total. The number of ether oxygens (including phenoxy) is 2. The number of rotatable bonds is 8. The van der Waals surface area contributed by atoms with Crippen molar-refractivity contribution in [1.82, 2.24) is 4.98 Å². The van der Waals surface area contributed by atoms with Crippen LogP contribution in [0.4, 0.5) is 0 Å². The highest BCUT2D eigenvalue weighted by Crippen LogP contribution is 2.39. The van der Waals surface area contributed by atoms with Crippen LogP contribution in [-0.4, -0.2) is 22.9 Å². The molecule has 1 heterocycles. The molecule has 0 bridgehead atoms. The summed E-state index contributed by atoms with van der Waals surface area (Å²) in [5.41, 5.74) is 7.21. The van der Waals surface area contributed by atoms with Gasteiger partial charge in [0.05, 0.1) is 18.2 Å². The summed E-state index contributed by atoms with van der Waals surface area (Å²) in [5.74, 6) is 1.31. The van der Waals surface area contributed by atoms with Crippen molar-refractivity contribution < 1.29 is 14.3 Å². The van der Waals surface area contributed by atoms with Gasteiger partial charge in [-0.05, 0) is 53.8 Å². The molecule has 5 nitrogen and oxygen atoms in total. The Morgan fingerprint density at radius 1 is 1.23 bits per heavy atom. The number of nitrogens with two attached hydrogens (primary N) is 1. The Morgan fingerprint density at radius 3 is 2.65 bits per heavy atom. The summed E-state index contributed by atoms with van der Waals surface area (Å²) in [6.07, 6.45) is 5.67. The number of hydrogen-bond donors (Lipinski definition) is 1. The molecule has 31 heavy (non-hydrogen) atoms. The average molecular weight is 475 g/mol. The fourth-order valence-electron chi connectivity index (χ4n) is 3.42. The van der Waals surface area contributed by atoms with Crippen LogP contribution < -0.4 is 15.2 Å². The minimum atomic E-state index is -0.626. The van der Waals surface area contributed by atoms with Gasteiger partial charge in [-0.15, -0.1) is 0 Å². The summed E-state index contributed by atoms with van der Waals surface area (Å²) in [6.45, 7) is 0. The third-order valence-corrected chi connectivity index (χ3v) is 6.14. The van der Waals surface area contributed by atoms with Gasteiger partial charge in [0.2, 0.25) is 0 Å². The van der Waals surface area contributed by atoms with Crippen LogP contribution in [0.1, 0.15) is 35.2 Å². The molecule has 1 amide bonds. The van der Waals surface area contributed by atoms with Gasteiger partial charge in [0.15, 0.2) is 5.75 Å². The topological polar surface area (TPSA) is 74.4 Å². The number of fused-ring (bicyclic) bond motifs is 1. The van der Waals surface area contributed by atoms with Crippen LogP contribution in [-0.2, 0) is 6.42 Å². The van der Waals surface area contributed by atoms with Gasteiger partial charge in [0.1, 0.15) is 16.5 Å². The van der Waals surface area contributed by atoms with Gasteiger partial charge >= 0.3 is 0 Å². The highest BCUT2D eigenvalue weighted by atomic mass is 35.5. The van der Waals surface area contributed by atoms with Crippen molar-refractivity contribution in [3.8, 4) is 17.2 Å². The predicted octanol–water partition coefficient (Wildman–Crippen LogP) is 6.15. The Kier molecular flexibility index (Phi) is 6.32. The van der Waals surface area contributed by atoms with Crippen molar-refractivity contribution in [3.05, 3.63) is 57.7 Å². The maximum atomic E-state index is 11.8. The van der Waals surface area contributed by atoms with Gasteiger partial charge < -0.3 is 15.2 Å². The van der Waals surface area contributed by atoms with Crippen LogP contribution in [0, 0.1) is 5.92 Å². The Bertz CT molecular complexity index is 1200. The number of primary amides is 1. The first-order chi connectivity index (χ1) is 14.9. The number of amides is 1. The lowest BCUT2D eigenvalue weighted by atomic mass is 10.1. The van der Waals surface area contributed by atoms with Crippen molar-refractivity contribution in [2.24, 2.45) is 11.7 Å². The zero-order chi connectivity index (χ0) is 22.1. The predicted molar refractivity (Wildman–Crippen MR) is 127 cm³/mol. The van der Waals surface area contributed by atoms with E-state index < -0.39 is 5.91 Å². The van der Waals surface area contributed by atoms with Crippen molar-refractivity contribution in [3.63, 3.8) is 0 Å². The molecule has 1 aliphatic carbocycles. The summed E-state index contributed by atoms with van der Waals surface area (Å²) in [5, 5.41) is 1.40. The van der Waals surface area contributed by atoms with Crippen molar-refractivity contribution in [1.29, 1.82) is 0 Å². The van der Waals surface area contributed by atoms with Crippen molar-refractivity contribution in [2.75, 3.05) is 7.11 Å². The average Bonchev–Trinajstić information content (AvgIpc) is 3.55. The van der Waals surface area contributed by atoms with Crippen LogP contribution in [0.5, 0.6) is 17.2 Å². The van der Waals surface area contributed by atoms with E-state index >= 15 is 0 Å². The van der Waals surface area contributed by atoms with Crippen molar-refractivity contribution in [2.45, 2.75) is 25.7 Å². The van der Waals surface area contributed by atoms with Crippen LogP contribution in [0.3, 0.4) is 0 Å². The van der Waals surface area contributed by atoms with Gasteiger partial charge in [-0.2, -0.15) is 0 Å². The van der Waals surface area contributed by atoms with Gasteiger partial charge in [0, 0.05) is 29.1 Å². The molecule has 0 atom stereocenters. The molecule has 1 aromatic heterocycles. The Labute approximate surface area is 195 Å². The summed E-state index contributed by atoms with van der Waals surface area (Å²) >= 11 is 18.4. The standard InChI is InChI=1S/C23H20Cl2N2O3S/c1-29-21-10-20-16(9-17(21)23(26)28)22(19(25)11-27-20)30-14-5-4-13(18(24)8-14)7-15(31)6-12-2-3-12/h4-5,8-12H,2-3,6-7H2,1H3,(H2,26,28). The highest BCUT2D eigenvalue weighted by molar-refractivity contribution is 7.80. The van der Waals surface area contributed by atoms with E-state index in [0.717, 1.165) is 22.8 Å². The first-order valence-electron chi connectivity index (χ1n) is 9.79. The van der Waals surface area contributed by atoms with Crippen LogP contribution in [0.15, 0.2) is 36.5 Å². The first kappa shape index (κ1) is 21.8. The quantitative estimate of drug-likeness (QED) is 0.396. The van der Waals surface area contributed by atoms with E-state index in [4.69, 9.17) is 50.6 Å². The molecule has 0 unspecified atom stereocenters. The minimum Gasteiger partial charge on any atom is -0.496 e. The molecule has 8 heteroatoms. The van der Waals surface area contributed by atoms with E-state index in [1.54, 1.807) is 18.2 Å². The number of nitrogens with zero attached hydrogens (tertiary/aromatic N) is 1. The number of benzene rings is 2. The Morgan fingerprint density at radius 2 is 2.00 bits per heavy atom. The van der Waals surface area contributed by atoms with E-state index in [2.05, 4.69) is 4.98 Å². The molecule has 3 aromatic rings. The number of aromatic nitrogens is 1. The molecule has 2 aromatic carbocycles. The lowest BCUT2D eigenvalue weighted by molar-refractivity contribution is 0.0997. The summed E-state index contributed by atoms with van der Waals surface area (Å²) in [4.78, 5) is 17.2. The maximum Gasteiger partial charge on any atom is 0.252 e. The lowest BCUT2D eigenvalue weighted by Crippen LogP contribution is -2.12. The third-order valence-electron chi connectivity index (χ3n) is 5.21. The van der Waals surface area contributed by atoms with Crippen molar-refractivity contribution >= 4 is 57.1 Å². The van der Waals surface area contributed by atoms with Gasteiger partial charge in [-0.25, -0.2) is 0 Å². The monoisotopic (exact) mass is 474 g/mol. The molecule has 0 spiro atoms. The minimum absolute atomic E-state index is 0.210. The lowest BCUT2D eigenvalue weighted by Gasteiger charge is -2.14. The molecule has 0 radical (unpaired) electrons. The molecule has 4 rings (SSSR count). The van der Waals surface area contributed by atoms with E-state index in [1.165, 1.54) is 26.1 Å². The van der Waals surface area contributed by atoms with Gasteiger partial charge in [-0.3, -0.25) is 9.78 Å². The Hall–Kier alpha value is -2.41. The number of hydrogen-bond acceptors (Lipinski definition) is 5. The number of methoxy groups -OCH3 is 1. The number of thiocarbonyl (C=S) groups is 1. The van der Waals surface area contributed by atoms with Gasteiger partial charge in [-0.1, -0.05) is 41.5 Å². The molecule has 1 aliphatic rings. The summed E-state index contributed by atoms with van der Waals surface area (Å²) in [7, 11) is 1.46. The zero-order valence-electron chi connectivity index (χ0n) is 16.8. The fourth-order valence-corrected chi connectivity index (χ4v) is 4.24. The highest BCUT2D eigenvalue weighted by Gasteiger charge is 2.23. The fraction of sp³-hybridized carbons (Fsp3) is 0.261. The maximum absolute atomic E-state index is 11.8. The largest absolute Gasteiger partial charge is 0.496 e. The second-order valence-corrected chi connectivity index (χ2v) is 8.98. The van der Waals surface area contributed by atoms with E-state index in [1.807, 2.05) is 12.1 Å². The smallest absolute Gasteiger partial charge is 0.252 e. The SMILES string of the molecule is COc1cc2ncc(Cl)c(Oc3ccc(CC(=S)CC4CC4)c(Cl)c3)c2cc1C(N)=O. The molecular weight excluding hydrogens is 455 g/mol. The second-order valence-electron chi connectivity index (χ2n) is 7.59. The first-order valence-corrected chi connectivity index (χ1v) is 11.0. The van der Waals surface area contributed by atoms with E-state index in [0.29, 0.717) is 44.6 Å². The van der Waals surface area contributed by atoms with Crippen LogP contribution in [0.2, 0.25) is 10.0 Å². The third kappa shape index (κ3) is 4.92. The molecule has 1 saturated carbocycles. The number of carbonyl (C=O) groups excluding carboxylic acids is 1. The molecule has 0 aliphatic heterocycles. The summed E-state index contributed by atoms with van der Waals surface area (Å²) < 4.78 is 11.3. The molecule has 1 fully saturated rings. The Balaban J connectivity index is 1.65. The number of halogens is 2. The van der Waals surface area contributed by atoms with Gasteiger partial charge in [0.25, 0.3) is 5.91 Å². The van der Waals surface area contributed by atoms with E-state index in [9.17, 15) is 4.79 Å². The zero-order valence-corrected chi connectivity index (χ0v) is 19.1. The molecule has 0 saturated heterocycles. The number of carbonyl (C=O) groups is 1. The number of pyridine rings is 1. The second kappa shape index (κ2) is 8.99. The van der Waals surface area contributed by atoms with Crippen LogP contribution >= 0.6 is 35.4 Å². The normalized spacial score (nSPS) is 13.3. The summed E-state index contributed by atoms with van der Waals surface area (Å²) in [6, 6.07) is 8.65. The van der Waals surface area contributed by atoms with E-state index in [-0.39, 0.29) is 5.56 Å². The molecular formula is C23H20Cl2N2O3S. The molecule has 160 valence electrons. The van der Waals surface area contributed by atoms with Crippen LogP contribution in [0.25, 0.3) is 10.9 Å².